The van der Waals surface area contributed by atoms with Crippen molar-refractivity contribution in [2.24, 2.45) is 5.84 Å². The van der Waals surface area contributed by atoms with Crippen LogP contribution in [0.5, 0.6) is 0 Å². The van der Waals surface area contributed by atoms with E-state index in [1.165, 1.54) is 12.1 Å². The summed E-state index contributed by atoms with van der Waals surface area (Å²) >= 11 is 0. The van der Waals surface area contributed by atoms with Crippen LogP contribution in [0.4, 0.5) is 10.1 Å². The zero-order valence-corrected chi connectivity index (χ0v) is 8.49. The number of nitrogens with two attached hydrogens (primary N) is 1. The number of halogens is 2. The topological polar surface area (TPSA) is 50.1 Å². The first kappa shape index (κ1) is 14.7. The summed E-state index contributed by atoms with van der Waals surface area (Å²) in [6.45, 7) is 0. The first-order valence-corrected chi connectivity index (χ1v) is 3.55. The molecule has 76 valence electrons. The fourth-order valence-electron chi connectivity index (χ4n) is 0.644. The van der Waals surface area contributed by atoms with Gasteiger partial charge in [-0.15, -0.1) is 12.4 Å². The van der Waals surface area contributed by atoms with Crippen LogP contribution in [-0.2, 0) is 0 Å². The molecule has 0 aliphatic carbocycles. The van der Waals surface area contributed by atoms with E-state index in [0.29, 0.717) is 0 Å². The Balaban J connectivity index is 0. The molecule has 0 aliphatic rings. The number of benzene rings is 1. The highest BCUT2D eigenvalue weighted by Gasteiger charge is 1.88. The maximum atomic E-state index is 12.3. The Morgan fingerprint density at radius 1 is 1.31 bits per heavy atom. The summed E-state index contributed by atoms with van der Waals surface area (Å²) in [6, 6.07) is 6.34. The summed E-state index contributed by atoms with van der Waals surface area (Å²) in [5.41, 5.74) is 3.05. The highest BCUT2D eigenvalue weighted by molar-refractivity contribution is 5.85. The maximum absolute atomic E-state index is 12.3. The van der Waals surface area contributed by atoms with Gasteiger partial charge >= 0.3 is 0 Å². The molecule has 0 amide bonds. The molecule has 0 fully saturated rings. The van der Waals surface area contributed by atoms with Gasteiger partial charge in [0.05, 0.1) is 0 Å². The zero-order valence-electron chi connectivity index (χ0n) is 7.67. The van der Waals surface area contributed by atoms with E-state index >= 15 is 0 Å². The van der Waals surface area contributed by atoms with Crippen molar-refractivity contribution < 1.29 is 4.39 Å². The monoisotopic (exact) mass is 207 g/mol. The van der Waals surface area contributed by atoms with Crippen LogP contribution in [0.1, 0.15) is 0 Å². The second-order valence-electron chi connectivity index (χ2n) is 2.05. The first-order chi connectivity index (χ1) is 5.74. The smallest absolute Gasteiger partial charge is 0.125 e. The largest absolute Gasteiger partial charge is 0.388 e. The molecule has 0 spiro atoms. The second kappa shape index (κ2) is 9.25. The van der Waals surface area contributed by atoms with E-state index in [1.807, 2.05) is 6.07 Å². The third-order valence-electron chi connectivity index (χ3n) is 1.11. The summed E-state index contributed by atoms with van der Waals surface area (Å²) in [7, 11) is 3.41. The van der Waals surface area contributed by atoms with Crippen LogP contribution >= 0.6 is 12.4 Å². The Morgan fingerprint density at radius 3 is 2.15 bits per heavy atom. The van der Waals surface area contributed by atoms with Crippen molar-refractivity contribution in [2.75, 3.05) is 19.4 Å². The van der Waals surface area contributed by atoms with Gasteiger partial charge in [0.25, 0.3) is 0 Å². The van der Waals surface area contributed by atoms with Gasteiger partial charge in [-0.05, 0) is 25.2 Å². The number of rotatable bonds is 1. The van der Waals surface area contributed by atoms with E-state index in [1.54, 1.807) is 20.2 Å². The Labute approximate surface area is 83.9 Å². The number of hydrazine groups is 1. The molecule has 0 saturated carbocycles. The molecular weight excluding hydrogens is 193 g/mol. The third-order valence-corrected chi connectivity index (χ3v) is 1.11. The SMILES string of the molecule is CNN.CNc1cccc(F)c1.Cl. The number of nitrogens with one attached hydrogen (secondary N) is 2. The predicted octanol–water partition coefficient (Wildman–Crippen LogP) is 1.37. The van der Waals surface area contributed by atoms with Crippen molar-refractivity contribution in [3.63, 3.8) is 0 Å². The molecule has 0 saturated heterocycles. The van der Waals surface area contributed by atoms with Gasteiger partial charge in [-0.25, -0.2) is 4.39 Å². The number of hydrogen-bond donors (Lipinski definition) is 3. The molecule has 1 aromatic carbocycles. The van der Waals surface area contributed by atoms with E-state index < -0.39 is 0 Å². The van der Waals surface area contributed by atoms with Crippen molar-refractivity contribution in [1.29, 1.82) is 0 Å². The molecule has 0 unspecified atom stereocenters. The van der Waals surface area contributed by atoms with Crippen molar-refractivity contribution in [1.82, 2.24) is 5.43 Å². The lowest BCUT2D eigenvalue weighted by Crippen LogP contribution is -2.13. The lowest BCUT2D eigenvalue weighted by molar-refractivity contribution is 0.628. The van der Waals surface area contributed by atoms with Crippen molar-refractivity contribution in [2.45, 2.75) is 0 Å². The van der Waals surface area contributed by atoms with Crippen molar-refractivity contribution >= 4 is 18.1 Å². The normalized spacial score (nSPS) is 7.69. The van der Waals surface area contributed by atoms with Crippen molar-refractivity contribution in [3.05, 3.63) is 30.1 Å². The van der Waals surface area contributed by atoms with E-state index in [2.05, 4.69) is 16.6 Å². The minimum absolute atomic E-state index is 0. The molecule has 13 heavy (non-hydrogen) atoms. The summed E-state index contributed by atoms with van der Waals surface area (Å²) < 4.78 is 12.3. The zero-order chi connectivity index (χ0) is 9.40. The summed E-state index contributed by atoms with van der Waals surface area (Å²) in [4.78, 5) is 0. The predicted molar refractivity (Wildman–Crippen MR) is 56.4 cm³/mol. The van der Waals surface area contributed by atoms with Crippen LogP contribution in [0.25, 0.3) is 0 Å². The summed E-state index contributed by atoms with van der Waals surface area (Å²) in [5, 5.41) is 2.83. The molecule has 0 bridgehead atoms. The Hall–Kier alpha value is -0.840. The van der Waals surface area contributed by atoms with E-state index in [0.717, 1.165) is 5.69 Å². The molecule has 0 aromatic heterocycles. The minimum Gasteiger partial charge on any atom is -0.388 e. The van der Waals surface area contributed by atoms with Gasteiger partial charge in [-0.2, -0.15) is 0 Å². The van der Waals surface area contributed by atoms with Crippen LogP contribution in [-0.4, -0.2) is 14.1 Å². The van der Waals surface area contributed by atoms with E-state index in [4.69, 9.17) is 0 Å². The molecule has 3 nitrogen and oxygen atoms in total. The molecule has 1 aromatic rings. The van der Waals surface area contributed by atoms with Crippen LogP contribution in [0.15, 0.2) is 24.3 Å². The van der Waals surface area contributed by atoms with Gasteiger partial charge in [0.1, 0.15) is 5.82 Å². The van der Waals surface area contributed by atoms with Gasteiger partial charge in [0, 0.05) is 12.7 Å². The third kappa shape index (κ3) is 7.52. The van der Waals surface area contributed by atoms with Gasteiger partial charge in [0.2, 0.25) is 0 Å². The summed E-state index contributed by atoms with van der Waals surface area (Å²) in [5.74, 6) is 4.39. The molecule has 0 heterocycles. The standard InChI is InChI=1S/C7H8FN.CH6N2.ClH/c1-9-7-4-2-3-6(8)5-7;1-3-2;/h2-5,9H,1H3;3H,2H2,1H3;1H. The summed E-state index contributed by atoms with van der Waals surface area (Å²) in [6.07, 6.45) is 0. The van der Waals surface area contributed by atoms with E-state index in [-0.39, 0.29) is 18.2 Å². The van der Waals surface area contributed by atoms with Crippen LogP contribution < -0.4 is 16.6 Å². The molecular formula is C8H15ClFN3. The average Bonchev–Trinajstić information content (AvgIpc) is 2.06. The van der Waals surface area contributed by atoms with Gasteiger partial charge in [-0.1, -0.05) is 6.07 Å². The van der Waals surface area contributed by atoms with Crippen LogP contribution in [0, 0.1) is 5.82 Å². The lowest BCUT2D eigenvalue weighted by Gasteiger charge is -1.96. The highest BCUT2D eigenvalue weighted by atomic mass is 35.5. The maximum Gasteiger partial charge on any atom is 0.125 e. The molecule has 0 radical (unpaired) electrons. The van der Waals surface area contributed by atoms with Gasteiger partial charge in [0.15, 0.2) is 0 Å². The van der Waals surface area contributed by atoms with Crippen molar-refractivity contribution in [3.8, 4) is 0 Å². The fraction of sp³-hybridized carbons (Fsp3) is 0.250. The van der Waals surface area contributed by atoms with Crippen LogP contribution in [0.2, 0.25) is 0 Å². The first-order valence-electron chi connectivity index (χ1n) is 3.55. The molecule has 4 N–H and O–H groups in total. The minimum atomic E-state index is -0.207. The number of anilines is 1. The molecule has 0 aliphatic heterocycles. The molecule has 0 atom stereocenters. The van der Waals surface area contributed by atoms with Gasteiger partial charge in [-0.3, -0.25) is 11.3 Å². The quantitative estimate of drug-likeness (QED) is 0.482. The van der Waals surface area contributed by atoms with Gasteiger partial charge < -0.3 is 5.32 Å². The Bertz CT molecular complexity index is 220. The highest BCUT2D eigenvalue weighted by Crippen LogP contribution is 2.06. The Morgan fingerprint density at radius 2 is 1.85 bits per heavy atom. The average molecular weight is 208 g/mol. The van der Waals surface area contributed by atoms with Crippen LogP contribution in [0.3, 0.4) is 0 Å². The number of hydrogen-bond acceptors (Lipinski definition) is 3. The Kier molecular flexibility index (Phi) is 10.4. The lowest BCUT2D eigenvalue weighted by atomic mass is 10.3. The molecule has 5 heteroatoms. The molecule has 1 rings (SSSR count). The second-order valence-corrected chi connectivity index (χ2v) is 2.05. The van der Waals surface area contributed by atoms with E-state index in [9.17, 15) is 4.39 Å². The fourth-order valence-corrected chi connectivity index (χ4v) is 0.644.